The molecule has 0 radical (unpaired) electrons. The molecule has 1 aliphatic heterocycles. The van der Waals surface area contributed by atoms with Gasteiger partial charge < -0.3 is 10.3 Å². The first-order chi connectivity index (χ1) is 8.78. The third kappa shape index (κ3) is 2.17. The Morgan fingerprint density at radius 2 is 2.33 bits per heavy atom. The minimum absolute atomic E-state index is 0.393. The lowest BCUT2D eigenvalue weighted by Crippen LogP contribution is -1.94. The van der Waals surface area contributed by atoms with Crippen LogP contribution in [0.1, 0.15) is 34.6 Å². The lowest BCUT2D eigenvalue weighted by atomic mass is 10.2. The van der Waals surface area contributed by atoms with Crippen LogP contribution in [0.3, 0.4) is 0 Å². The van der Waals surface area contributed by atoms with E-state index in [1.54, 1.807) is 0 Å². The molecule has 1 atom stereocenters. The summed E-state index contributed by atoms with van der Waals surface area (Å²) in [6.07, 6.45) is 2.37. The highest BCUT2D eigenvalue weighted by molar-refractivity contribution is 7.99. The molecule has 0 aromatic carbocycles. The van der Waals surface area contributed by atoms with Crippen LogP contribution in [0.5, 0.6) is 0 Å². The van der Waals surface area contributed by atoms with E-state index in [0.29, 0.717) is 17.7 Å². The molecule has 0 amide bonds. The normalized spacial score (nSPS) is 19.6. The van der Waals surface area contributed by atoms with Crippen LogP contribution in [0.4, 0.5) is 0 Å². The van der Waals surface area contributed by atoms with Crippen LogP contribution < -0.4 is 5.73 Å². The molecule has 7 heteroatoms. The second kappa shape index (κ2) is 4.99. The summed E-state index contributed by atoms with van der Waals surface area (Å²) in [6.45, 7) is 2.39. The minimum atomic E-state index is 0.393. The molecular weight excluding hydrogens is 268 g/mol. The van der Waals surface area contributed by atoms with Crippen molar-refractivity contribution < 1.29 is 4.52 Å². The molecule has 0 spiro atoms. The minimum Gasteiger partial charge on any atom is -0.333 e. The molecule has 18 heavy (non-hydrogen) atoms. The van der Waals surface area contributed by atoms with E-state index >= 15 is 0 Å². The number of hydrogen-bond acceptors (Lipinski definition) is 7. The Hall–Kier alpha value is -0.920. The van der Waals surface area contributed by atoms with Crippen molar-refractivity contribution in [3.8, 4) is 10.8 Å². The van der Waals surface area contributed by atoms with Crippen LogP contribution >= 0.6 is 23.1 Å². The highest BCUT2D eigenvalue weighted by Gasteiger charge is 2.24. The number of nitrogens with zero attached hydrogens (tertiary/aromatic N) is 3. The van der Waals surface area contributed by atoms with Gasteiger partial charge in [0.2, 0.25) is 0 Å². The molecule has 1 unspecified atom stereocenters. The molecule has 2 aromatic heterocycles. The van der Waals surface area contributed by atoms with Crippen LogP contribution in [0.15, 0.2) is 4.52 Å². The highest BCUT2D eigenvalue weighted by Crippen LogP contribution is 2.39. The number of aryl methyl sites for hydroxylation is 1. The Morgan fingerprint density at radius 1 is 1.44 bits per heavy atom. The van der Waals surface area contributed by atoms with Crippen molar-refractivity contribution in [2.75, 3.05) is 5.75 Å². The van der Waals surface area contributed by atoms with Gasteiger partial charge in [-0.2, -0.15) is 16.7 Å². The van der Waals surface area contributed by atoms with Crippen molar-refractivity contribution in [3.05, 3.63) is 16.5 Å². The quantitative estimate of drug-likeness (QED) is 0.932. The highest BCUT2D eigenvalue weighted by atomic mass is 32.2. The standard InChI is InChI=1S/C11H14N4OS2/c1-6-9(18-8(5-12)13-6)11-14-10(15-16-11)7-3-2-4-17-7/h7H,2-5,12H2,1H3. The van der Waals surface area contributed by atoms with Crippen molar-refractivity contribution in [1.82, 2.24) is 15.1 Å². The molecule has 2 N–H and O–H groups in total. The fourth-order valence-corrected chi connectivity index (χ4v) is 4.04. The largest absolute Gasteiger partial charge is 0.333 e. The SMILES string of the molecule is Cc1nc(CN)sc1-c1nc(C2CCCS2)no1. The van der Waals surface area contributed by atoms with Crippen LogP contribution in [0.25, 0.3) is 10.8 Å². The summed E-state index contributed by atoms with van der Waals surface area (Å²) in [5.74, 6) is 2.58. The van der Waals surface area contributed by atoms with E-state index in [1.165, 1.54) is 23.5 Å². The molecular formula is C11H14N4OS2. The smallest absolute Gasteiger partial charge is 0.269 e. The topological polar surface area (TPSA) is 77.8 Å². The Balaban J connectivity index is 1.89. The molecule has 0 aliphatic carbocycles. The Morgan fingerprint density at radius 3 is 3.00 bits per heavy atom. The Bertz CT molecular complexity index is 545. The van der Waals surface area contributed by atoms with E-state index in [0.717, 1.165) is 27.8 Å². The van der Waals surface area contributed by atoms with E-state index in [9.17, 15) is 0 Å². The number of aromatic nitrogens is 3. The van der Waals surface area contributed by atoms with Gasteiger partial charge in [-0.05, 0) is 25.5 Å². The number of hydrogen-bond donors (Lipinski definition) is 1. The number of rotatable bonds is 3. The molecule has 0 saturated carbocycles. The molecule has 1 saturated heterocycles. The molecule has 5 nitrogen and oxygen atoms in total. The zero-order valence-electron chi connectivity index (χ0n) is 10.0. The van der Waals surface area contributed by atoms with Crippen LogP contribution in [-0.4, -0.2) is 20.9 Å². The van der Waals surface area contributed by atoms with Gasteiger partial charge in [0.05, 0.1) is 10.9 Å². The van der Waals surface area contributed by atoms with E-state index in [4.69, 9.17) is 10.3 Å². The molecule has 3 heterocycles. The zero-order valence-corrected chi connectivity index (χ0v) is 11.7. The maximum absolute atomic E-state index is 5.59. The van der Waals surface area contributed by atoms with Crippen molar-refractivity contribution >= 4 is 23.1 Å². The van der Waals surface area contributed by atoms with Gasteiger partial charge in [0.1, 0.15) is 9.88 Å². The number of thiazole rings is 1. The van der Waals surface area contributed by atoms with Gasteiger partial charge in [-0.15, -0.1) is 11.3 Å². The fourth-order valence-electron chi connectivity index (χ4n) is 1.98. The first-order valence-corrected chi connectivity index (χ1v) is 7.76. The van der Waals surface area contributed by atoms with Crippen molar-refractivity contribution in [3.63, 3.8) is 0 Å². The first kappa shape index (κ1) is 12.1. The maximum Gasteiger partial charge on any atom is 0.269 e. The summed E-state index contributed by atoms with van der Waals surface area (Å²) in [5, 5.41) is 5.39. The summed E-state index contributed by atoms with van der Waals surface area (Å²) >= 11 is 3.43. The van der Waals surface area contributed by atoms with E-state index < -0.39 is 0 Å². The maximum atomic E-state index is 5.59. The zero-order chi connectivity index (χ0) is 12.5. The molecule has 2 aromatic rings. The van der Waals surface area contributed by atoms with Crippen LogP contribution in [0, 0.1) is 6.92 Å². The summed E-state index contributed by atoms with van der Waals surface area (Å²) in [4.78, 5) is 9.82. The lowest BCUT2D eigenvalue weighted by Gasteiger charge is -1.98. The molecule has 0 bridgehead atoms. The Kier molecular flexibility index (Phi) is 3.36. The first-order valence-electron chi connectivity index (χ1n) is 5.90. The van der Waals surface area contributed by atoms with Gasteiger partial charge in [0.15, 0.2) is 5.82 Å². The predicted molar refractivity (Wildman–Crippen MR) is 72.5 cm³/mol. The average molecular weight is 282 g/mol. The third-order valence-corrected chi connectivity index (χ3v) is 5.41. The predicted octanol–water partition coefficient (Wildman–Crippen LogP) is 2.53. The molecule has 96 valence electrons. The van der Waals surface area contributed by atoms with Gasteiger partial charge in [-0.25, -0.2) is 4.98 Å². The average Bonchev–Trinajstić information content (AvgIpc) is 3.08. The van der Waals surface area contributed by atoms with Crippen molar-refractivity contribution in [2.24, 2.45) is 5.73 Å². The molecule has 1 aliphatic rings. The lowest BCUT2D eigenvalue weighted by molar-refractivity contribution is 0.422. The van der Waals surface area contributed by atoms with Crippen molar-refractivity contribution in [1.29, 1.82) is 0 Å². The molecule has 1 fully saturated rings. The summed E-state index contributed by atoms with van der Waals surface area (Å²) < 4.78 is 5.36. The second-order valence-electron chi connectivity index (χ2n) is 4.19. The second-order valence-corrected chi connectivity index (χ2v) is 6.58. The number of nitrogens with two attached hydrogens (primary N) is 1. The van der Waals surface area contributed by atoms with E-state index in [2.05, 4.69) is 15.1 Å². The summed E-state index contributed by atoms with van der Waals surface area (Å²) in [6, 6.07) is 0. The molecule has 3 rings (SSSR count). The van der Waals surface area contributed by atoms with Gasteiger partial charge in [-0.1, -0.05) is 5.16 Å². The van der Waals surface area contributed by atoms with Gasteiger partial charge in [0.25, 0.3) is 5.89 Å². The summed E-state index contributed by atoms with van der Waals surface area (Å²) in [5.41, 5.74) is 6.50. The fraction of sp³-hybridized carbons (Fsp3) is 0.545. The summed E-state index contributed by atoms with van der Waals surface area (Å²) in [7, 11) is 0. The van der Waals surface area contributed by atoms with Gasteiger partial charge >= 0.3 is 0 Å². The van der Waals surface area contributed by atoms with Crippen LogP contribution in [-0.2, 0) is 6.54 Å². The van der Waals surface area contributed by atoms with Gasteiger partial charge in [-0.3, -0.25) is 0 Å². The number of thioether (sulfide) groups is 1. The van der Waals surface area contributed by atoms with E-state index in [-0.39, 0.29) is 0 Å². The third-order valence-electron chi connectivity index (χ3n) is 2.87. The monoisotopic (exact) mass is 282 g/mol. The van der Waals surface area contributed by atoms with Gasteiger partial charge in [0, 0.05) is 6.54 Å². The Labute approximate surface area is 113 Å². The van der Waals surface area contributed by atoms with E-state index in [1.807, 2.05) is 18.7 Å². The van der Waals surface area contributed by atoms with Crippen molar-refractivity contribution in [2.45, 2.75) is 31.6 Å². The van der Waals surface area contributed by atoms with Crippen LogP contribution in [0.2, 0.25) is 0 Å².